The van der Waals surface area contributed by atoms with Gasteiger partial charge in [-0.05, 0) is 20.3 Å². The van der Waals surface area contributed by atoms with Gasteiger partial charge in [-0.2, -0.15) is 5.10 Å². The van der Waals surface area contributed by atoms with E-state index < -0.39 is 0 Å². The second-order valence-electron chi connectivity index (χ2n) is 5.11. The summed E-state index contributed by atoms with van der Waals surface area (Å²) in [6.07, 6.45) is 3.25. The van der Waals surface area contributed by atoms with Gasteiger partial charge in [0.05, 0.1) is 17.9 Å². The van der Waals surface area contributed by atoms with Crippen LogP contribution >= 0.6 is 0 Å². The third-order valence-electron chi connectivity index (χ3n) is 3.37. The van der Waals surface area contributed by atoms with Gasteiger partial charge < -0.3 is 15.2 Å². The molecule has 1 saturated heterocycles. The Morgan fingerprint density at radius 1 is 1.39 bits per heavy atom. The summed E-state index contributed by atoms with van der Waals surface area (Å²) in [5.74, 6) is 0.693. The summed E-state index contributed by atoms with van der Waals surface area (Å²) in [6.45, 7) is 6.20. The van der Waals surface area contributed by atoms with E-state index in [9.17, 15) is 0 Å². The summed E-state index contributed by atoms with van der Waals surface area (Å²) in [5, 5.41) is 4.37. The molecule has 1 aliphatic heterocycles. The van der Waals surface area contributed by atoms with E-state index in [2.05, 4.69) is 18.9 Å². The average molecular weight is 253 g/mol. The van der Waals surface area contributed by atoms with Crippen molar-refractivity contribution < 1.29 is 9.47 Å². The Hall–Kier alpha value is -1.23. The Morgan fingerprint density at radius 3 is 2.50 bits per heavy atom. The van der Waals surface area contributed by atoms with Crippen LogP contribution in [0.25, 0.3) is 0 Å². The van der Waals surface area contributed by atoms with Gasteiger partial charge in [-0.3, -0.25) is 0 Å². The zero-order valence-electron chi connectivity index (χ0n) is 11.6. The normalized spacial score (nSPS) is 28.3. The van der Waals surface area contributed by atoms with Crippen molar-refractivity contribution in [2.45, 2.75) is 58.3 Å². The van der Waals surface area contributed by atoms with Gasteiger partial charge in [0.15, 0.2) is 0 Å². The van der Waals surface area contributed by atoms with Crippen LogP contribution < -0.4 is 10.5 Å². The van der Waals surface area contributed by atoms with Gasteiger partial charge in [0.25, 0.3) is 0 Å². The number of rotatable bonds is 3. The summed E-state index contributed by atoms with van der Waals surface area (Å²) in [7, 11) is 1.87. The van der Waals surface area contributed by atoms with Crippen LogP contribution in [0.4, 0.5) is 5.69 Å². The monoisotopic (exact) mass is 253 g/mol. The first-order chi connectivity index (χ1) is 8.51. The molecule has 102 valence electrons. The van der Waals surface area contributed by atoms with Crippen molar-refractivity contribution in [3.8, 4) is 5.88 Å². The van der Waals surface area contributed by atoms with Crippen LogP contribution in [-0.2, 0) is 18.2 Å². The molecule has 0 aromatic carbocycles. The summed E-state index contributed by atoms with van der Waals surface area (Å²) < 4.78 is 13.5. The number of nitrogens with two attached hydrogens (primary N) is 1. The van der Waals surface area contributed by atoms with Crippen molar-refractivity contribution in [3.63, 3.8) is 0 Å². The van der Waals surface area contributed by atoms with E-state index in [0.29, 0.717) is 11.6 Å². The maximum atomic E-state index is 6.06. The summed E-state index contributed by atoms with van der Waals surface area (Å²) in [4.78, 5) is 0. The first kappa shape index (κ1) is 13.2. The Morgan fingerprint density at radius 2 is 2.00 bits per heavy atom. The Labute approximate surface area is 108 Å². The lowest BCUT2D eigenvalue weighted by Gasteiger charge is -2.32. The van der Waals surface area contributed by atoms with E-state index >= 15 is 0 Å². The number of aryl methyl sites for hydroxylation is 2. The topological polar surface area (TPSA) is 62.3 Å². The van der Waals surface area contributed by atoms with Crippen molar-refractivity contribution in [1.29, 1.82) is 0 Å². The van der Waals surface area contributed by atoms with Crippen LogP contribution in [0.15, 0.2) is 0 Å². The summed E-state index contributed by atoms with van der Waals surface area (Å²) in [6, 6.07) is 0. The Kier molecular flexibility index (Phi) is 3.80. The molecule has 1 fully saturated rings. The number of nitrogen functional groups attached to an aromatic ring is 1. The fraction of sp³-hybridized carbons (Fsp3) is 0.769. The summed E-state index contributed by atoms with van der Waals surface area (Å²) in [5.41, 5.74) is 7.64. The third-order valence-corrected chi connectivity index (χ3v) is 3.37. The van der Waals surface area contributed by atoms with Crippen LogP contribution in [0.3, 0.4) is 0 Å². The van der Waals surface area contributed by atoms with E-state index in [0.717, 1.165) is 25.0 Å². The van der Waals surface area contributed by atoms with Gasteiger partial charge in [-0.1, -0.05) is 6.92 Å². The highest BCUT2D eigenvalue weighted by molar-refractivity contribution is 5.53. The second-order valence-corrected chi connectivity index (χ2v) is 5.11. The van der Waals surface area contributed by atoms with Gasteiger partial charge in [0, 0.05) is 19.9 Å². The highest BCUT2D eigenvalue weighted by Gasteiger charge is 2.27. The molecular formula is C13H23N3O2. The maximum absolute atomic E-state index is 6.06. The highest BCUT2D eigenvalue weighted by Crippen LogP contribution is 2.29. The molecule has 5 nitrogen and oxygen atoms in total. The molecule has 0 aliphatic carbocycles. The Bertz CT molecular complexity index is 407. The largest absolute Gasteiger partial charge is 0.473 e. The molecule has 2 atom stereocenters. The quantitative estimate of drug-likeness (QED) is 0.893. The van der Waals surface area contributed by atoms with Crippen LogP contribution in [0, 0.1) is 0 Å². The minimum atomic E-state index is 0.158. The van der Waals surface area contributed by atoms with Gasteiger partial charge >= 0.3 is 0 Å². The molecule has 2 rings (SSSR count). The number of hydrogen-bond acceptors (Lipinski definition) is 4. The fourth-order valence-electron chi connectivity index (χ4n) is 2.58. The standard InChI is InChI=1S/C13H23N3O2/c1-5-11-12(14)13(16(4)15-11)18-10-6-8(2)17-9(3)7-10/h8-10H,5-7,14H2,1-4H3. The molecule has 0 spiro atoms. The smallest absolute Gasteiger partial charge is 0.236 e. The van der Waals surface area contributed by atoms with Crippen molar-refractivity contribution >= 4 is 5.69 Å². The number of hydrogen-bond donors (Lipinski definition) is 1. The van der Waals surface area contributed by atoms with Crippen molar-refractivity contribution in [2.75, 3.05) is 5.73 Å². The molecule has 0 saturated carbocycles. The van der Waals surface area contributed by atoms with E-state index in [-0.39, 0.29) is 18.3 Å². The van der Waals surface area contributed by atoms with Gasteiger partial charge in [0.1, 0.15) is 11.8 Å². The number of aromatic nitrogens is 2. The molecule has 0 radical (unpaired) electrons. The van der Waals surface area contributed by atoms with Crippen LogP contribution in [0.5, 0.6) is 5.88 Å². The second kappa shape index (κ2) is 5.18. The molecule has 2 unspecified atom stereocenters. The molecule has 0 bridgehead atoms. The molecule has 18 heavy (non-hydrogen) atoms. The van der Waals surface area contributed by atoms with Crippen molar-refractivity contribution in [2.24, 2.45) is 7.05 Å². The lowest BCUT2D eigenvalue weighted by atomic mass is 10.0. The molecule has 1 aromatic heterocycles. The molecule has 1 aromatic rings. The zero-order valence-corrected chi connectivity index (χ0v) is 11.6. The van der Waals surface area contributed by atoms with Crippen LogP contribution in [-0.4, -0.2) is 28.1 Å². The molecule has 2 heterocycles. The van der Waals surface area contributed by atoms with E-state index in [1.807, 2.05) is 14.0 Å². The average Bonchev–Trinajstić information content (AvgIpc) is 2.55. The number of nitrogens with zero attached hydrogens (tertiary/aromatic N) is 2. The predicted octanol–water partition coefficient (Wildman–Crippen LogP) is 1.90. The van der Waals surface area contributed by atoms with Gasteiger partial charge in [-0.15, -0.1) is 0 Å². The summed E-state index contributed by atoms with van der Waals surface area (Å²) >= 11 is 0. The highest BCUT2D eigenvalue weighted by atomic mass is 16.5. The number of anilines is 1. The van der Waals surface area contributed by atoms with Crippen LogP contribution in [0.2, 0.25) is 0 Å². The molecular weight excluding hydrogens is 230 g/mol. The predicted molar refractivity (Wildman–Crippen MR) is 70.7 cm³/mol. The van der Waals surface area contributed by atoms with Gasteiger partial charge in [0.2, 0.25) is 5.88 Å². The Balaban J connectivity index is 2.11. The number of ether oxygens (including phenoxy) is 2. The van der Waals surface area contributed by atoms with E-state index in [4.69, 9.17) is 15.2 Å². The first-order valence-corrected chi connectivity index (χ1v) is 6.64. The minimum Gasteiger partial charge on any atom is -0.473 e. The molecule has 0 amide bonds. The maximum Gasteiger partial charge on any atom is 0.236 e. The molecule has 1 aliphatic rings. The van der Waals surface area contributed by atoms with Crippen LogP contribution in [0.1, 0.15) is 39.3 Å². The van der Waals surface area contributed by atoms with Crippen molar-refractivity contribution in [1.82, 2.24) is 9.78 Å². The SMILES string of the molecule is CCc1nn(C)c(OC2CC(C)OC(C)C2)c1N. The lowest BCUT2D eigenvalue weighted by molar-refractivity contribution is -0.0735. The zero-order chi connectivity index (χ0) is 13.3. The van der Waals surface area contributed by atoms with Crippen molar-refractivity contribution in [3.05, 3.63) is 5.69 Å². The fourth-order valence-corrected chi connectivity index (χ4v) is 2.58. The molecule has 2 N–H and O–H groups in total. The minimum absolute atomic E-state index is 0.158. The van der Waals surface area contributed by atoms with E-state index in [1.54, 1.807) is 4.68 Å². The van der Waals surface area contributed by atoms with E-state index in [1.165, 1.54) is 0 Å². The molecule has 5 heteroatoms. The third kappa shape index (κ3) is 2.61. The first-order valence-electron chi connectivity index (χ1n) is 6.64. The van der Waals surface area contributed by atoms with Gasteiger partial charge in [-0.25, -0.2) is 4.68 Å². The lowest BCUT2D eigenvalue weighted by Crippen LogP contribution is -2.36.